The molecular weight excluding hydrogens is 623 g/mol. The summed E-state index contributed by atoms with van der Waals surface area (Å²) in [5.74, 6) is 0. The van der Waals surface area contributed by atoms with Crippen molar-refractivity contribution in [1.82, 2.24) is 0 Å². The standard InChI is InChI=1S/C48H31NO2/c1-3-15-32(16-4-1)35-19-7-8-21-39(35)47-36(33-17-5-2-6-18-33)23-13-24-41(47)49(34-29-30-38-37-20-9-11-26-43(37)51-46(38)31-34)42-25-14-28-45-48(42)40-22-10-12-27-44(40)50-45/h1-31H/i1D,2D,3D,4D,5D,6D,7D,8D,9D,10D,11D,12D,13D,14D,15D,16D,17D,18D,19D,20D,21D,22D,23D,25D,26D,27D,28D,29D,30D. The van der Waals surface area contributed by atoms with E-state index in [4.69, 9.17) is 33.5 Å². The van der Waals surface area contributed by atoms with Crippen LogP contribution in [0.1, 0.15) is 39.8 Å². The molecule has 0 spiro atoms. The van der Waals surface area contributed by atoms with Crippen molar-refractivity contribution < 1.29 is 48.6 Å². The smallest absolute Gasteiger partial charge is 0.137 e. The van der Waals surface area contributed by atoms with E-state index in [-0.39, 0.29) is 0 Å². The zero-order chi connectivity index (χ0) is 59.0. The van der Waals surface area contributed by atoms with E-state index < -0.39 is 270 Å². The normalized spacial score (nSPS) is 19.5. The average molecular weight is 683 g/mol. The molecule has 0 unspecified atom stereocenters. The fourth-order valence-electron chi connectivity index (χ4n) is 5.85. The van der Waals surface area contributed by atoms with E-state index in [9.17, 15) is 15.1 Å². The van der Waals surface area contributed by atoms with E-state index in [0.717, 1.165) is 12.1 Å². The van der Waals surface area contributed by atoms with Crippen molar-refractivity contribution in [3.8, 4) is 33.4 Å². The molecule has 0 amide bonds. The van der Waals surface area contributed by atoms with Gasteiger partial charge in [0.25, 0.3) is 0 Å². The van der Waals surface area contributed by atoms with Crippen molar-refractivity contribution in [1.29, 1.82) is 0 Å². The molecule has 2 heterocycles. The Morgan fingerprint density at radius 2 is 0.961 bits per heavy atom. The molecule has 3 nitrogen and oxygen atoms in total. The van der Waals surface area contributed by atoms with Gasteiger partial charge in [-0.2, -0.15) is 0 Å². The van der Waals surface area contributed by atoms with Gasteiger partial charge < -0.3 is 13.7 Å². The van der Waals surface area contributed by atoms with Gasteiger partial charge in [0.1, 0.15) is 22.3 Å². The van der Waals surface area contributed by atoms with Crippen molar-refractivity contribution in [2.45, 2.75) is 0 Å². The van der Waals surface area contributed by atoms with Crippen LogP contribution in [0.2, 0.25) is 0 Å². The Kier molecular flexibility index (Phi) is 2.85. The Balaban J connectivity index is 1.58. The highest BCUT2D eigenvalue weighted by molar-refractivity contribution is 6.15. The molecule has 10 rings (SSSR count). The van der Waals surface area contributed by atoms with Crippen molar-refractivity contribution in [3.05, 3.63) is 187 Å². The minimum absolute atomic E-state index is 0.394. The summed E-state index contributed by atoms with van der Waals surface area (Å²) in [4.78, 5) is 0.694. The van der Waals surface area contributed by atoms with Crippen LogP contribution in [0.3, 0.4) is 0 Å². The van der Waals surface area contributed by atoms with E-state index in [1.54, 1.807) is 0 Å². The van der Waals surface area contributed by atoms with Crippen LogP contribution in [0, 0.1) is 0 Å². The number of nitrogens with zero attached hydrogens (tertiary/aromatic N) is 1. The van der Waals surface area contributed by atoms with Gasteiger partial charge in [0.05, 0.1) is 56.5 Å². The second-order valence-electron chi connectivity index (χ2n) is 10.7. The SMILES string of the molecule is [2H]c1cc(N(c2cc3oc4c([2H])c([2H])c([2H])c([2H])c4c3c([2H])c2[2H])c2c([2H])c([2H])c([2H])c3oc4c([2H])c([2H])c([2H])c([2H])c4c23)c(-c2c([2H])c([2H])c([2H])c([2H])c2-c2c([2H])c([2H])c([2H])c([2H])c2[2H])c(-c2c([2H])c([2H])c([2H])c([2H])c2[2H])c1[2H]. The molecule has 3 heteroatoms. The maximum Gasteiger partial charge on any atom is 0.137 e. The molecule has 8 aromatic carbocycles. The predicted octanol–water partition coefficient (Wildman–Crippen LogP) is 14.0. The van der Waals surface area contributed by atoms with E-state index in [2.05, 4.69) is 0 Å². The molecule has 0 aliphatic carbocycles. The fourth-order valence-corrected chi connectivity index (χ4v) is 5.85. The number of furan rings is 2. The lowest BCUT2D eigenvalue weighted by Crippen LogP contribution is -2.12. The number of fused-ring (bicyclic) bond motifs is 6. The number of para-hydroxylation sites is 2. The first kappa shape index (κ1) is 12.2. The van der Waals surface area contributed by atoms with Crippen LogP contribution in [-0.4, -0.2) is 0 Å². The summed E-state index contributed by atoms with van der Waals surface area (Å²) >= 11 is 0. The van der Waals surface area contributed by atoms with Crippen LogP contribution in [0.15, 0.2) is 196 Å². The highest BCUT2D eigenvalue weighted by Crippen LogP contribution is 2.50. The van der Waals surface area contributed by atoms with Crippen LogP contribution in [0.25, 0.3) is 77.3 Å². The summed E-state index contributed by atoms with van der Waals surface area (Å²) in [5, 5.41) is -2.05. The number of hydrogen-bond acceptors (Lipinski definition) is 3. The first-order valence-corrected chi connectivity index (χ1v) is 14.9. The Hall–Kier alpha value is -6.84. The van der Waals surface area contributed by atoms with Crippen LogP contribution >= 0.6 is 0 Å². The second-order valence-corrected chi connectivity index (χ2v) is 10.7. The molecule has 10 aromatic rings. The summed E-state index contributed by atoms with van der Waals surface area (Å²) in [6, 6.07) is -26.9. The third-order valence-electron chi connectivity index (χ3n) is 7.93. The number of hydrogen-bond donors (Lipinski definition) is 0. The largest absolute Gasteiger partial charge is 0.456 e. The minimum atomic E-state index is -1.19. The van der Waals surface area contributed by atoms with E-state index in [1.807, 2.05) is 0 Å². The first-order chi connectivity index (χ1) is 37.3. The van der Waals surface area contributed by atoms with Crippen LogP contribution in [-0.2, 0) is 0 Å². The van der Waals surface area contributed by atoms with Crippen LogP contribution in [0.4, 0.5) is 17.1 Å². The number of benzene rings is 8. The highest BCUT2D eigenvalue weighted by atomic mass is 16.3. The van der Waals surface area contributed by atoms with Crippen molar-refractivity contribution >= 4 is 60.9 Å². The van der Waals surface area contributed by atoms with Crippen molar-refractivity contribution in [2.24, 2.45) is 0 Å². The molecular formula is C48H31NO2. The molecule has 0 saturated heterocycles. The molecule has 0 atom stereocenters. The molecule has 0 N–H and O–H groups in total. The average Bonchev–Trinajstić information content (AvgIpc) is 4.21. The van der Waals surface area contributed by atoms with Gasteiger partial charge in [-0.1, -0.05) is 139 Å². The second kappa shape index (κ2) is 11.9. The summed E-state index contributed by atoms with van der Waals surface area (Å²) < 4.78 is 274. The Morgan fingerprint density at radius 3 is 1.75 bits per heavy atom. The fraction of sp³-hybridized carbons (Fsp3) is 0. The predicted molar refractivity (Wildman–Crippen MR) is 212 cm³/mol. The maximum atomic E-state index is 9.86. The summed E-state index contributed by atoms with van der Waals surface area (Å²) in [6.45, 7) is 0. The van der Waals surface area contributed by atoms with Gasteiger partial charge in [-0.3, -0.25) is 0 Å². The van der Waals surface area contributed by atoms with Gasteiger partial charge in [0.15, 0.2) is 0 Å². The Bertz CT molecular complexity index is 4490. The molecule has 0 saturated carbocycles. The third kappa shape index (κ3) is 4.82. The highest BCUT2D eigenvalue weighted by Gasteiger charge is 2.25. The Labute approximate surface area is 336 Å². The zero-order valence-electron chi connectivity index (χ0n) is 54.4. The van der Waals surface area contributed by atoms with Gasteiger partial charge in [-0.15, -0.1) is 0 Å². The monoisotopic (exact) mass is 682 g/mol. The van der Waals surface area contributed by atoms with E-state index in [0.29, 0.717) is 4.90 Å². The Morgan fingerprint density at radius 1 is 0.392 bits per heavy atom. The lowest BCUT2D eigenvalue weighted by Gasteiger charge is -2.30. The minimum Gasteiger partial charge on any atom is -0.456 e. The molecule has 0 aliphatic rings. The van der Waals surface area contributed by atoms with Crippen molar-refractivity contribution in [2.75, 3.05) is 4.90 Å². The van der Waals surface area contributed by atoms with Gasteiger partial charge in [-0.05, 0) is 70.1 Å². The lowest BCUT2D eigenvalue weighted by molar-refractivity contribution is 0.669. The summed E-state index contributed by atoms with van der Waals surface area (Å²) in [7, 11) is 0. The van der Waals surface area contributed by atoms with Crippen LogP contribution < -0.4 is 4.90 Å². The molecule has 0 radical (unpaired) electrons. The van der Waals surface area contributed by atoms with Crippen LogP contribution in [0.5, 0.6) is 0 Å². The molecule has 2 aromatic heterocycles. The van der Waals surface area contributed by atoms with E-state index >= 15 is 0 Å². The van der Waals surface area contributed by atoms with Crippen molar-refractivity contribution in [3.63, 3.8) is 0 Å². The van der Waals surface area contributed by atoms with Gasteiger partial charge >= 0.3 is 0 Å². The zero-order valence-corrected chi connectivity index (χ0v) is 25.4. The topological polar surface area (TPSA) is 29.5 Å². The summed E-state index contributed by atoms with van der Waals surface area (Å²) in [6.07, 6.45) is 0. The quantitative estimate of drug-likeness (QED) is 0.175. The van der Waals surface area contributed by atoms with Gasteiger partial charge in [-0.25, -0.2) is 0 Å². The molecule has 240 valence electrons. The molecule has 0 bridgehead atoms. The molecule has 0 aliphatic heterocycles. The molecule has 51 heavy (non-hydrogen) atoms. The lowest BCUT2D eigenvalue weighted by atomic mass is 9.87. The maximum absolute atomic E-state index is 9.86. The summed E-state index contributed by atoms with van der Waals surface area (Å²) in [5.41, 5.74) is -10.8. The number of rotatable bonds is 6. The number of anilines is 3. The first-order valence-electron chi connectivity index (χ1n) is 29.4. The van der Waals surface area contributed by atoms with E-state index in [1.165, 1.54) is 0 Å². The van der Waals surface area contributed by atoms with Gasteiger partial charge in [0, 0.05) is 33.5 Å². The molecule has 0 fully saturated rings. The van der Waals surface area contributed by atoms with Gasteiger partial charge in [0.2, 0.25) is 0 Å². The third-order valence-corrected chi connectivity index (χ3v) is 7.93.